The minimum Gasteiger partial charge on any atom is -0.371 e. The van der Waals surface area contributed by atoms with Crippen LogP contribution in [0.15, 0.2) is 30.3 Å². The molecule has 0 N–H and O–H groups in total. The number of fused-ring (bicyclic) bond motifs is 1. The predicted molar refractivity (Wildman–Crippen MR) is 112 cm³/mol. The van der Waals surface area contributed by atoms with Gasteiger partial charge in [-0.15, -0.1) is 0 Å². The fraction of sp³-hybridized carbons (Fsp3) is 0.409. The molecule has 3 heterocycles. The van der Waals surface area contributed by atoms with Crippen LogP contribution in [0.25, 0.3) is 11.0 Å². The van der Waals surface area contributed by atoms with Gasteiger partial charge in [0, 0.05) is 45.1 Å². The van der Waals surface area contributed by atoms with Crippen molar-refractivity contribution in [1.82, 2.24) is 19.7 Å². The minimum atomic E-state index is 0.00262. The van der Waals surface area contributed by atoms with Gasteiger partial charge in [-0.2, -0.15) is 5.10 Å². The zero-order valence-corrected chi connectivity index (χ0v) is 17.1. The van der Waals surface area contributed by atoms with Crippen molar-refractivity contribution in [3.05, 3.63) is 52.8 Å². The highest BCUT2D eigenvalue weighted by Gasteiger charge is 2.22. The molecule has 2 aromatic heterocycles. The average Bonchev–Trinajstić information content (AvgIpc) is 3.30. The van der Waals surface area contributed by atoms with Crippen LogP contribution >= 0.6 is 0 Å². The molecule has 0 spiro atoms. The van der Waals surface area contributed by atoms with Gasteiger partial charge in [-0.3, -0.25) is 9.48 Å². The average molecular weight is 377 g/mol. The fourth-order valence-electron chi connectivity index (χ4n) is 4.18. The summed E-state index contributed by atoms with van der Waals surface area (Å²) in [6.07, 6.45) is 2.47. The van der Waals surface area contributed by atoms with E-state index in [0.717, 1.165) is 35.5 Å². The maximum atomic E-state index is 13.4. The van der Waals surface area contributed by atoms with Gasteiger partial charge >= 0.3 is 0 Å². The standard InChI is InChI=1S/C22H27N5O/c1-15-13-18(20-16(2)24-26(4)21(20)23-15)22(28)25(3)14-17-9-5-6-10-19(17)27-11-7-8-12-27/h5-6,9-10,13H,7-8,11-12,14H2,1-4H3. The molecule has 146 valence electrons. The SMILES string of the molecule is Cc1cc(C(=O)N(C)Cc2ccccc2N2CCCC2)c2c(C)nn(C)c2n1. The smallest absolute Gasteiger partial charge is 0.254 e. The molecule has 1 aliphatic heterocycles. The second-order valence-electron chi connectivity index (χ2n) is 7.70. The number of hydrogen-bond donors (Lipinski definition) is 0. The maximum Gasteiger partial charge on any atom is 0.254 e. The Morgan fingerprint density at radius 3 is 2.64 bits per heavy atom. The molecular weight excluding hydrogens is 350 g/mol. The molecule has 0 saturated carbocycles. The minimum absolute atomic E-state index is 0.00262. The molecular formula is C22H27N5O. The van der Waals surface area contributed by atoms with Crippen LogP contribution in [0.4, 0.5) is 5.69 Å². The van der Waals surface area contributed by atoms with E-state index < -0.39 is 0 Å². The Balaban J connectivity index is 1.66. The van der Waals surface area contributed by atoms with Gasteiger partial charge in [0.1, 0.15) is 0 Å². The molecule has 1 aliphatic rings. The summed E-state index contributed by atoms with van der Waals surface area (Å²) < 4.78 is 1.75. The Bertz CT molecular complexity index is 1030. The summed E-state index contributed by atoms with van der Waals surface area (Å²) in [4.78, 5) is 22.2. The topological polar surface area (TPSA) is 54.3 Å². The van der Waals surface area contributed by atoms with Crippen molar-refractivity contribution in [3.63, 3.8) is 0 Å². The Kier molecular flexibility index (Phi) is 4.79. The summed E-state index contributed by atoms with van der Waals surface area (Å²) in [5.41, 5.74) is 5.52. The van der Waals surface area contributed by atoms with Crippen LogP contribution in [-0.2, 0) is 13.6 Å². The third-order valence-corrected chi connectivity index (χ3v) is 5.52. The van der Waals surface area contributed by atoms with Crippen molar-refractivity contribution >= 4 is 22.6 Å². The van der Waals surface area contributed by atoms with Crippen LogP contribution in [0.5, 0.6) is 0 Å². The van der Waals surface area contributed by atoms with Gasteiger partial charge in [-0.25, -0.2) is 4.98 Å². The monoisotopic (exact) mass is 377 g/mol. The first-order chi connectivity index (χ1) is 13.5. The van der Waals surface area contributed by atoms with Gasteiger partial charge in [0.2, 0.25) is 0 Å². The number of carbonyl (C=O) groups is 1. The molecule has 1 aromatic carbocycles. The zero-order valence-electron chi connectivity index (χ0n) is 17.1. The van der Waals surface area contributed by atoms with E-state index in [1.165, 1.54) is 24.1 Å². The molecule has 1 fully saturated rings. The first kappa shape index (κ1) is 18.5. The summed E-state index contributed by atoms with van der Waals surface area (Å²) in [6, 6.07) is 10.3. The van der Waals surface area contributed by atoms with E-state index >= 15 is 0 Å². The fourth-order valence-corrected chi connectivity index (χ4v) is 4.18. The Hall–Kier alpha value is -2.89. The highest BCUT2D eigenvalue weighted by Crippen LogP contribution is 2.27. The van der Waals surface area contributed by atoms with Gasteiger partial charge in [0.05, 0.1) is 16.6 Å². The summed E-state index contributed by atoms with van der Waals surface area (Å²) in [5.74, 6) is 0.00262. The van der Waals surface area contributed by atoms with E-state index in [-0.39, 0.29) is 5.91 Å². The van der Waals surface area contributed by atoms with Crippen molar-refractivity contribution in [1.29, 1.82) is 0 Å². The van der Waals surface area contributed by atoms with Crippen LogP contribution in [0.2, 0.25) is 0 Å². The number of carbonyl (C=O) groups excluding carboxylic acids is 1. The molecule has 6 nitrogen and oxygen atoms in total. The lowest BCUT2D eigenvalue weighted by atomic mass is 10.1. The number of aryl methyl sites for hydroxylation is 3. The van der Waals surface area contributed by atoms with Crippen molar-refractivity contribution in [3.8, 4) is 0 Å². The van der Waals surface area contributed by atoms with Crippen LogP contribution in [0.3, 0.4) is 0 Å². The molecule has 0 radical (unpaired) electrons. The number of para-hydroxylation sites is 1. The number of amides is 1. The number of aromatic nitrogens is 3. The number of anilines is 1. The highest BCUT2D eigenvalue weighted by molar-refractivity contribution is 6.06. The maximum absolute atomic E-state index is 13.4. The van der Waals surface area contributed by atoms with Crippen LogP contribution in [0.1, 0.15) is 40.2 Å². The lowest BCUT2D eigenvalue weighted by Crippen LogP contribution is -2.28. The normalized spacial score (nSPS) is 14.1. The van der Waals surface area contributed by atoms with E-state index in [2.05, 4.69) is 33.2 Å². The second kappa shape index (κ2) is 7.26. The van der Waals surface area contributed by atoms with Gasteiger partial charge in [0.15, 0.2) is 5.65 Å². The lowest BCUT2D eigenvalue weighted by molar-refractivity contribution is 0.0787. The molecule has 4 rings (SSSR count). The van der Waals surface area contributed by atoms with Crippen molar-refractivity contribution in [2.24, 2.45) is 7.05 Å². The van der Waals surface area contributed by atoms with Gasteiger partial charge in [0.25, 0.3) is 5.91 Å². The first-order valence-electron chi connectivity index (χ1n) is 9.85. The summed E-state index contributed by atoms with van der Waals surface area (Å²) in [7, 11) is 3.74. The molecule has 6 heteroatoms. The Labute approximate surface area is 165 Å². The van der Waals surface area contributed by atoms with Crippen LogP contribution in [0, 0.1) is 13.8 Å². The number of nitrogens with zero attached hydrogens (tertiary/aromatic N) is 5. The van der Waals surface area contributed by atoms with E-state index in [9.17, 15) is 4.79 Å². The Morgan fingerprint density at radius 2 is 1.89 bits per heavy atom. The van der Waals surface area contributed by atoms with Gasteiger partial charge in [-0.05, 0) is 44.4 Å². The first-order valence-corrected chi connectivity index (χ1v) is 9.85. The van der Waals surface area contributed by atoms with Crippen molar-refractivity contribution in [2.45, 2.75) is 33.2 Å². The van der Waals surface area contributed by atoms with Crippen LogP contribution < -0.4 is 4.90 Å². The quantitative estimate of drug-likeness (QED) is 0.699. The molecule has 3 aromatic rings. The molecule has 28 heavy (non-hydrogen) atoms. The second-order valence-corrected chi connectivity index (χ2v) is 7.70. The van der Waals surface area contributed by atoms with E-state index in [4.69, 9.17) is 0 Å². The number of rotatable bonds is 4. The molecule has 1 saturated heterocycles. The van der Waals surface area contributed by atoms with E-state index in [0.29, 0.717) is 12.1 Å². The summed E-state index contributed by atoms with van der Waals surface area (Å²) >= 11 is 0. The van der Waals surface area contributed by atoms with Gasteiger partial charge in [-0.1, -0.05) is 18.2 Å². The number of pyridine rings is 1. The third-order valence-electron chi connectivity index (χ3n) is 5.52. The molecule has 0 bridgehead atoms. The Morgan fingerprint density at radius 1 is 1.18 bits per heavy atom. The third kappa shape index (κ3) is 3.23. The molecule has 0 unspecified atom stereocenters. The molecule has 0 atom stereocenters. The van der Waals surface area contributed by atoms with Crippen molar-refractivity contribution < 1.29 is 4.79 Å². The summed E-state index contributed by atoms with van der Waals surface area (Å²) in [6.45, 7) is 6.61. The predicted octanol–water partition coefficient (Wildman–Crippen LogP) is 3.46. The summed E-state index contributed by atoms with van der Waals surface area (Å²) in [5, 5.41) is 5.31. The van der Waals surface area contributed by atoms with Gasteiger partial charge < -0.3 is 9.80 Å². The van der Waals surface area contributed by atoms with E-state index in [1.54, 1.807) is 9.58 Å². The molecule has 0 aliphatic carbocycles. The van der Waals surface area contributed by atoms with Crippen molar-refractivity contribution in [2.75, 3.05) is 25.0 Å². The zero-order chi connectivity index (χ0) is 19.8. The van der Waals surface area contributed by atoms with Crippen LogP contribution in [-0.4, -0.2) is 45.7 Å². The lowest BCUT2D eigenvalue weighted by Gasteiger charge is -2.24. The largest absolute Gasteiger partial charge is 0.371 e. The number of benzene rings is 1. The number of hydrogen-bond acceptors (Lipinski definition) is 4. The molecule has 1 amide bonds. The highest BCUT2D eigenvalue weighted by atomic mass is 16.2. The van der Waals surface area contributed by atoms with E-state index in [1.807, 2.05) is 40.1 Å².